The van der Waals surface area contributed by atoms with Crippen LogP contribution in [0.4, 0.5) is 17.3 Å². The number of aromatic nitrogens is 4. The van der Waals surface area contributed by atoms with E-state index in [2.05, 4.69) is 56.3 Å². The zero-order valence-corrected chi connectivity index (χ0v) is 20.6. The highest BCUT2D eigenvalue weighted by Gasteiger charge is 2.25. The highest BCUT2D eigenvalue weighted by atomic mass is 16.3. The van der Waals surface area contributed by atoms with Gasteiger partial charge >= 0.3 is 0 Å². The fourth-order valence-corrected chi connectivity index (χ4v) is 5.34. The third kappa shape index (κ3) is 4.35. The highest BCUT2D eigenvalue weighted by Crippen LogP contribution is 2.31. The predicted octanol–water partition coefficient (Wildman–Crippen LogP) is 4.45. The van der Waals surface area contributed by atoms with Gasteiger partial charge in [0.05, 0.1) is 12.5 Å². The lowest BCUT2D eigenvalue weighted by Gasteiger charge is -2.35. The minimum absolute atomic E-state index is 0.104. The molecular formula is C27H31N7O2. The monoisotopic (exact) mass is 485 g/mol. The molecule has 0 unspecified atom stereocenters. The van der Waals surface area contributed by atoms with Crippen molar-refractivity contribution in [1.82, 2.24) is 24.4 Å². The molecule has 6 rings (SSSR count). The van der Waals surface area contributed by atoms with Gasteiger partial charge in [-0.1, -0.05) is 19.8 Å². The Morgan fingerprint density at radius 2 is 1.81 bits per heavy atom. The summed E-state index contributed by atoms with van der Waals surface area (Å²) in [7, 11) is 0. The molecule has 1 N–H and O–H groups in total. The van der Waals surface area contributed by atoms with Crippen LogP contribution in [0.25, 0.3) is 22.6 Å². The second-order valence-corrected chi connectivity index (χ2v) is 9.55. The van der Waals surface area contributed by atoms with Crippen LogP contribution >= 0.6 is 0 Å². The molecule has 3 aromatic heterocycles. The number of anilines is 3. The van der Waals surface area contributed by atoms with Gasteiger partial charge in [-0.2, -0.15) is 4.98 Å². The smallest absolute Gasteiger partial charge is 0.282 e. The van der Waals surface area contributed by atoms with Crippen LogP contribution in [0.1, 0.15) is 38.6 Å². The molecule has 0 amide bonds. The Hall–Kier alpha value is -3.72. The standard InChI is InChI=1S/C27H31N7O2/c1-2-32-13-15-33(16-14-32)20-11-9-19(10-12-20)29-27-28-18-22-25(31-27)34(21-6-3-4-7-21)26(35)24(30-22)23-8-5-17-36-23/h5,8-12,17-18,21H,2-4,6-7,13-16H2,1H3,(H,28,29,31). The Bertz CT molecular complexity index is 1380. The average molecular weight is 486 g/mol. The zero-order chi connectivity index (χ0) is 24.5. The predicted molar refractivity (Wildman–Crippen MR) is 141 cm³/mol. The van der Waals surface area contributed by atoms with E-state index in [1.807, 2.05) is 0 Å². The van der Waals surface area contributed by atoms with E-state index in [0.717, 1.165) is 64.1 Å². The highest BCUT2D eigenvalue weighted by molar-refractivity contribution is 5.74. The van der Waals surface area contributed by atoms with Crippen LogP contribution in [-0.4, -0.2) is 57.1 Å². The fraction of sp³-hybridized carbons (Fsp3) is 0.407. The molecule has 2 fully saturated rings. The summed E-state index contributed by atoms with van der Waals surface area (Å²) in [5.41, 5.74) is 3.41. The quantitative estimate of drug-likeness (QED) is 0.428. The van der Waals surface area contributed by atoms with E-state index in [4.69, 9.17) is 9.40 Å². The number of fused-ring (bicyclic) bond motifs is 1. The maximum atomic E-state index is 13.5. The molecular weight excluding hydrogens is 454 g/mol. The number of likely N-dealkylation sites (N-methyl/N-ethyl adjacent to an activating group) is 1. The molecule has 0 atom stereocenters. The third-order valence-electron chi connectivity index (χ3n) is 7.38. The van der Waals surface area contributed by atoms with Gasteiger partial charge in [-0.15, -0.1) is 0 Å². The SMILES string of the molecule is CCN1CCN(c2ccc(Nc3ncc4nc(-c5ccco5)c(=O)n(C5CCCC5)c4n3)cc2)CC1. The molecule has 0 radical (unpaired) electrons. The van der Waals surface area contributed by atoms with E-state index >= 15 is 0 Å². The van der Waals surface area contributed by atoms with Gasteiger partial charge in [0.1, 0.15) is 5.52 Å². The van der Waals surface area contributed by atoms with Crippen LogP contribution in [0.2, 0.25) is 0 Å². The van der Waals surface area contributed by atoms with E-state index in [0.29, 0.717) is 28.6 Å². The summed E-state index contributed by atoms with van der Waals surface area (Å²) in [5.74, 6) is 0.914. The van der Waals surface area contributed by atoms with Gasteiger partial charge in [0, 0.05) is 43.6 Å². The molecule has 1 aromatic carbocycles. The van der Waals surface area contributed by atoms with Crippen molar-refractivity contribution in [2.45, 2.75) is 38.6 Å². The van der Waals surface area contributed by atoms with Crippen molar-refractivity contribution >= 4 is 28.5 Å². The third-order valence-corrected chi connectivity index (χ3v) is 7.38. The molecule has 2 aliphatic rings. The van der Waals surface area contributed by atoms with Gasteiger partial charge < -0.3 is 19.5 Å². The van der Waals surface area contributed by atoms with E-state index in [-0.39, 0.29) is 11.6 Å². The summed E-state index contributed by atoms with van der Waals surface area (Å²) in [5, 5.41) is 3.31. The number of benzene rings is 1. The lowest BCUT2D eigenvalue weighted by Crippen LogP contribution is -2.46. The first-order valence-corrected chi connectivity index (χ1v) is 12.9. The van der Waals surface area contributed by atoms with Crippen molar-refractivity contribution in [2.75, 3.05) is 42.9 Å². The van der Waals surface area contributed by atoms with E-state index in [1.165, 1.54) is 5.69 Å². The first-order valence-electron chi connectivity index (χ1n) is 12.9. The van der Waals surface area contributed by atoms with Crippen LogP contribution in [-0.2, 0) is 0 Å². The Morgan fingerprint density at radius 1 is 1.03 bits per heavy atom. The second kappa shape index (κ2) is 9.73. The van der Waals surface area contributed by atoms with Gasteiger partial charge in [-0.3, -0.25) is 9.36 Å². The van der Waals surface area contributed by atoms with Crippen LogP contribution in [0.15, 0.2) is 58.1 Å². The number of nitrogens with one attached hydrogen (secondary N) is 1. The first-order chi connectivity index (χ1) is 17.7. The summed E-state index contributed by atoms with van der Waals surface area (Å²) in [6.45, 7) is 7.60. The molecule has 0 bridgehead atoms. The van der Waals surface area contributed by atoms with Crippen molar-refractivity contribution < 1.29 is 4.42 Å². The van der Waals surface area contributed by atoms with Crippen LogP contribution in [0, 0.1) is 0 Å². The van der Waals surface area contributed by atoms with E-state index in [9.17, 15) is 4.79 Å². The molecule has 9 heteroatoms. The summed E-state index contributed by atoms with van der Waals surface area (Å²) in [6, 6.07) is 12.0. The molecule has 4 heterocycles. The number of nitrogens with zero attached hydrogens (tertiary/aromatic N) is 6. The Kier molecular flexibility index (Phi) is 6.14. The molecule has 186 valence electrons. The summed E-state index contributed by atoms with van der Waals surface area (Å²) < 4.78 is 7.30. The molecule has 0 spiro atoms. The van der Waals surface area contributed by atoms with Gasteiger partial charge in [-0.05, 0) is 55.8 Å². The topological polar surface area (TPSA) is 92.3 Å². The number of hydrogen-bond acceptors (Lipinski definition) is 8. The minimum Gasteiger partial charge on any atom is -0.463 e. The molecule has 1 saturated carbocycles. The lowest BCUT2D eigenvalue weighted by atomic mass is 10.2. The molecule has 36 heavy (non-hydrogen) atoms. The van der Waals surface area contributed by atoms with E-state index in [1.54, 1.807) is 29.2 Å². The molecule has 1 aliphatic heterocycles. The molecule has 9 nitrogen and oxygen atoms in total. The Labute approximate surface area is 209 Å². The number of hydrogen-bond donors (Lipinski definition) is 1. The number of furan rings is 1. The van der Waals surface area contributed by atoms with Crippen molar-refractivity contribution in [3.8, 4) is 11.5 Å². The largest absolute Gasteiger partial charge is 0.463 e. The number of rotatable bonds is 6. The first kappa shape index (κ1) is 22.7. The van der Waals surface area contributed by atoms with Crippen LogP contribution in [0.5, 0.6) is 0 Å². The van der Waals surface area contributed by atoms with Crippen molar-refractivity contribution in [1.29, 1.82) is 0 Å². The van der Waals surface area contributed by atoms with Gasteiger partial charge in [0.25, 0.3) is 5.56 Å². The van der Waals surface area contributed by atoms with Crippen LogP contribution < -0.4 is 15.8 Å². The second-order valence-electron chi connectivity index (χ2n) is 9.55. The number of piperazine rings is 1. The minimum atomic E-state index is -0.165. The maximum absolute atomic E-state index is 13.5. The van der Waals surface area contributed by atoms with E-state index < -0.39 is 0 Å². The molecule has 1 aliphatic carbocycles. The van der Waals surface area contributed by atoms with Crippen LogP contribution in [0.3, 0.4) is 0 Å². The normalized spacial score (nSPS) is 17.2. The van der Waals surface area contributed by atoms with Gasteiger partial charge in [0.15, 0.2) is 17.1 Å². The summed E-state index contributed by atoms with van der Waals surface area (Å²) in [4.78, 5) is 32.3. The summed E-state index contributed by atoms with van der Waals surface area (Å²) in [6.07, 6.45) is 7.36. The summed E-state index contributed by atoms with van der Waals surface area (Å²) >= 11 is 0. The van der Waals surface area contributed by atoms with Crippen molar-refractivity contribution in [3.63, 3.8) is 0 Å². The fourth-order valence-electron chi connectivity index (χ4n) is 5.34. The van der Waals surface area contributed by atoms with Gasteiger partial charge in [0.2, 0.25) is 5.95 Å². The zero-order valence-electron chi connectivity index (χ0n) is 20.6. The molecule has 1 saturated heterocycles. The Balaban J connectivity index is 1.29. The lowest BCUT2D eigenvalue weighted by molar-refractivity contribution is 0.271. The average Bonchev–Trinajstić information content (AvgIpc) is 3.64. The Morgan fingerprint density at radius 3 is 2.50 bits per heavy atom. The van der Waals surface area contributed by atoms with Gasteiger partial charge in [-0.25, -0.2) is 9.97 Å². The molecule has 4 aromatic rings. The van der Waals surface area contributed by atoms with Crippen molar-refractivity contribution in [2.24, 2.45) is 0 Å². The maximum Gasteiger partial charge on any atom is 0.282 e. The van der Waals surface area contributed by atoms with Crippen molar-refractivity contribution in [3.05, 3.63) is 59.2 Å².